The van der Waals surface area contributed by atoms with Gasteiger partial charge in [-0.3, -0.25) is 9.69 Å². The number of ether oxygens (including phenoxy) is 1. The molecule has 3 aromatic rings. The van der Waals surface area contributed by atoms with Crippen LogP contribution in [-0.4, -0.2) is 46.7 Å². The molecule has 1 fully saturated rings. The van der Waals surface area contributed by atoms with Crippen LogP contribution in [0.5, 0.6) is 0 Å². The van der Waals surface area contributed by atoms with Crippen LogP contribution in [-0.2, 0) is 17.8 Å². The van der Waals surface area contributed by atoms with Crippen LogP contribution in [0.15, 0.2) is 34.7 Å². The van der Waals surface area contributed by atoms with Gasteiger partial charge in [0.05, 0.1) is 30.8 Å². The predicted octanol–water partition coefficient (Wildman–Crippen LogP) is 3.86. The van der Waals surface area contributed by atoms with Gasteiger partial charge in [-0.2, -0.15) is 0 Å². The molecule has 0 aliphatic carbocycles. The molecule has 0 spiro atoms. The van der Waals surface area contributed by atoms with Gasteiger partial charge in [0.1, 0.15) is 11.6 Å². The number of aromatic nitrogens is 2. The summed E-state index contributed by atoms with van der Waals surface area (Å²) in [5.41, 5.74) is 2.69. The Morgan fingerprint density at radius 3 is 2.72 bits per heavy atom. The SMILES string of the molecule is CCn1c(C(C)C)nc2cc(NC(=O)c3ccc(CN4CCOCC4)o3)ccc21. The van der Waals surface area contributed by atoms with Gasteiger partial charge in [0.25, 0.3) is 5.91 Å². The van der Waals surface area contributed by atoms with E-state index in [1.165, 1.54) is 0 Å². The van der Waals surface area contributed by atoms with Crippen LogP contribution in [0.4, 0.5) is 5.69 Å². The monoisotopic (exact) mass is 396 g/mol. The number of benzene rings is 1. The normalized spacial score (nSPS) is 15.3. The minimum atomic E-state index is -0.253. The van der Waals surface area contributed by atoms with Gasteiger partial charge in [0.15, 0.2) is 5.76 Å². The number of furan rings is 1. The maximum Gasteiger partial charge on any atom is 0.291 e. The summed E-state index contributed by atoms with van der Waals surface area (Å²) >= 11 is 0. The summed E-state index contributed by atoms with van der Waals surface area (Å²) in [6.07, 6.45) is 0. The van der Waals surface area contributed by atoms with Crippen molar-refractivity contribution < 1.29 is 13.9 Å². The molecule has 0 atom stereocenters. The molecule has 154 valence electrons. The number of amides is 1. The first-order valence-electron chi connectivity index (χ1n) is 10.3. The molecule has 1 N–H and O–H groups in total. The molecule has 1 aromatic carbocycles. The second-order valence-electron chi connectivity index (χ2n) is 7.68. The lowest BCUT2D eigenvalue weighted by Gasteiger charge is -2.25. The number of fused-ring (bicyclic) bond motifs is 1. The Balaban J connectivity index is 1.47. The van der Waals surface area contributed by atoms with Crippen molar-refractivity contribution in [1.82, 2.24) is 14.5 Å². The van der Waals surface area contributed by atoms with Crippen LogP contribution in [0, 0.1) is 0 Å². The Morgan fingerprint density at radius 2 is 2.00 bits per heavy atom. The highest BCUT2D eigenvalue weighted by Crippen LogP contribution is 2.25. The minimum Gasteiger partial charge on any atom is -0.455 e. The third kappa shape index (κ3) is 4.21. The molecule has 29 heavy (non-hydrogen) atoms. The van der Waals surface area contributed by atoms with Crippen LogP contribution in [0.1, 0.15) is 48.8 Å². The second kappa shape index (κ2) is 8.39. The van der Waals surface area contributed by atoms with Gasteiger partial charge in [-0.25, -0.2) is 4.98 Å². The number of carbonyl (C=O) groups excluding carboxylic acids is 1. The van der Waals surface area contributed by atoms with Crippen LogP contribution >= 0.6 is 0 Å². The molecule has 7 heteroatoms. The van der Waals surface area contributed by atoms with E-state index in [1.807, 2.05) is 24.3 Å². The van der Waals surface area contributed by atoms with Gasteiger partial charge in [-0.1, -0.05) is 13.8 Å². The summed E-state index contributed by atoms with van der Waals surface area (Å²) in [6.45, 7) is 11.2. The number of hydrogen-bond donors (Lipinski definition) is 1. The summed E-state index contributed by atoms with van der Waals surface area (Å²) < 4.78 is 13.3. The van der Waals surface area contributed by atoms with Crippen molar-refractivity contribution in [1.29, 1.82) is 0 Å². The Morgan fingerprint density at radius 1 is 1.21 bits per heavy atom. The van der Waals surface area contributed by atoms with Crippen molar-refractivity contribution in [3.63, 3.8) is 0 Å². The zero-order valence-electron chi connectivity index (χ0n) is 17.3. The molecule has 1 aliphatic rings. The fourth-order valence-corrected chi connectivity index (χ4v) is 3.76. The van der Waals surface area contributed by atoms with Crippen molar-refractivity contribution >= 4 is 22.6 Å². The number of anilines is 1. The highest BCUT2D eigenvalue weighted by molar-refractivity contribution is 6.03. The van der Waals surface area contributed by atoms with Crippen molar-refractivity contribution in [3.05, 3.63) is 47.7 Å². The summed E-state index contributed by atoms with van der Waals surface area (Å²) in [5, 5.41) is 2.93. The number of hydrogen-bond acceptors (Lipinski definition) is 5. The molecule has 4 rings (SSSR count). The largest absolute Gasteiger partial charge is 0.455 e. The van der Waals surface area contributed by atoms with Crippen molar-refractivity contribution in [2.75, 3.05) is 31.6 Å². The van der Waals surface area contributed by atoms with Crippen molar-refractivity contribution in [2.24, 2.45) is 0 Å². The third-order valence-electron chi connectivity index (χ3n) is 5.24. The quantitative estimate of drug-likeness (QED) is 0.685. The van der Waals surface area contributed by atoms with Crippen molar-refractivity contribution in [2.45, 2.75) is 39.8 Å². The second-order valence-corrected chi connectivity index (χ2v) is 7.68. The average molecular weight is 396 g/mol. The highest BCUT2D eigenvalue weighted by Gasteiger charge is 2.17. The molecule has 2 aromatic heterocycles. The number of rotatable bonds is 6. The van der Waals surface area contributed by atoms with Gasteiger partial charge in [0.2, 0.25) is 0 Å². The summed E-state index contributed by atoms with van der Waals surface area (Å²) in [5.74, 6) is 2.25. The van der Waals surface area contributed by atoms with Crippen LogP contribution in [0.25, 0.3) is 11.0 Å². The molecule has 0 saturated carbocycles. The fourth-order valence-electron chi connectivity index (χ4n) is 3.76. The van der Waals surface area contributed by atoms with Crippen LogP contribution in [0.2, 0.25) is 0 Å². The van der Waals surface area contributed by atoms with Crippen LogP contribution < -0.4 is 5.32 Å². The molecular formula is C22H28N4O3. The maximum absolute atomic E-state index is 12.6. The highest BCUT2D eigenvalue weighted by atomic mass is 16.5. The molecule has 0 bridgehead atoms. The average Bonchev–Trinajstić information content (AvgIpc) is 3.33. The number of imidazole rings is 1. The first-order valence-corrected chi connectivity index (χ1v) is 10.3. The van der Waals surface area contributed by atoms with E-state index in [-0.39, 0.29) is 5.91 Å². The molecule has 1 amide bonds. The lowest BCUT2D eigenvalue weighted by atomic mass is 10.2. The molecular weight excluding hydrogens is 368 g/mol. The van der Waals surface area contributed by atoms with E-state index in [9.17, 15) is 4.79 Å². The summed E-state index contributed by atoms with van der Waals surface area (Å²) in [7, 11) is 0. The summed E-state index contributed by atoms with van der Waals surface area (Å²) in [6, 6.07) is 9.44. The van der Waals surface area contributed by atoms with E-state index in [2.05, 4.69) is 35.6 Å². The maximum atomic E-state index is 12.6. The van der Waals surface area contributed by atoms with E-state index < -0.39 is 0 Å². The lowest BCUT2D eigenvalue weighted by Crippen LogP contribution is -2.35. The first-order chi connectivity index (χ1) is 14.0. The summed E-state index contributed by atoms with van der Waals surface area (Å²) in [4.78, 5) is 19.7. The van der Waals surface area contributed by atoms with Gasteiger partial charge in [0, 0.05) is 31.2 Å². The number of nitrogens with zero attached hydrogens (tertiary/aromatic N) is 3. The topological polar surface area (TPSA) is 72.5 Å². The third-order valence-corrected chi connectivity index (χ3v) is 5.24. The molecule has 3 heterocycles. The zero-order chi connectivity index (χ0) is 20.4. The van der Waals surface area contributed by atoms with E-state index >= 15 is 0 Å². The minimum absolute atomic E-state index is 0.253. The predicted molar refractivity (Wildman–Crippen MR) is 112 cm³/mol. The van der Waals surface area contributed by atoms with Crippen LogP contribution in [0.3, 0.4) is 0 Å². The van der Waals surface area contributed by atoms with E-state index in [0.29, 0.717) is 23.9 Å². The zero-order valence-corrected chi connectivity index (χ0v) is 17.3. The fraction of sp³-hybridized carbons (Fsp3) is 0.455. The lowest BCUT2D eigenvalue weighted by molar-refractivity contribution is 0.0312. The van der Waals surface area contributed by atoms with E-state index in [4.69, 9.17) is 14.1 Å². The smallest absolute Gasteiger partial charge is 0.291 e. The van der Waals surface area contributed by atoms with Crippen molar-refractivity contribution in [3.8, 4) is 0 Å². The van der Waals surface area contributed by atoms with Gasteiger partial charge < -0.3 is 19.0 Å². The Kier molecular flexibility index (Phi) is 5.69. The first kappa shape index (κ1) is 19.7. The number of nitrogens with one attached hydrogen (secondary N) is 1. The molecule has 1 saturated heterocycles. The van der Waals surface area contributed by atoms with Gasteiger partial charge >= 0.3 is 0 Å². The van der Waals surface area contributed by atoms with Gasteiger partial charge in [-0.15, -0.1) is 0 Å². The molecule has 1 aliphatic heterocycles. The standard InChI is InChI=1S/C22H28N4O3/c1-4-26-19-7-5-16(13-18(19)24-21(26)15(2)3)23-22(27)20-8-6-17(29-20)14-25-9-11-28-12-10-25/h5-8,13,15H,4,9-12,14H2,1-3H3,(H,23,27). The number of carbonyl (C=O) groups is 1. The molecule has 7 nitrogen and oxygen atoms in total. The van der Waals surface area contributed by atoms with E-state index in [0.717, 1.165) is 55.5 Å². The Labute approximate surface area is 170 Å². The Hall–Kier alpha value is -2.64. The van der Waals surface area contributed by atoms with E-state index in [1.54, 1.807) is 6.07 Å². The van der Waals surface area contributed by atoms with Gasteiger partial charge in [-0.05, 0) is 37.3 Å². The molecule has 0 unspecified atom stereocenters. The number of aryl methyl sites for hydroxylation is 1. The number of morpholine rings is 1. The molecule has 0 radical (unpaired) electrons. The Bertz CT molecular complexity index is 999.